The Kier molecular flexibility index (Phi) is 5.07. The molecule has 0 saturated heterocycles. The van der Waals surface area contributed by atoms with Crippen molar-refractivity contribution in [2.24, 2.45) is 0 Å². The van der Waals surface area contributed by atoms with Gasteiger partial charge in [-0.2, -0.15) is 10.1 Å². The number of amides is 1. The van der Waals surface area contributed by atoms with Crippen molar-refractivity contribution >= 4 is 11.6 Å². The molecular weight excluding hydrogens is 332 g/mol. The van der Waals surface area contributed by atoms with Crippen molar-refractivity contribution in [1.29, 1.82) is 0 Å². The van der Waals surface area contributed by atoms with E-state index in [1.165, 1.54) is 6.20 Å². The highest BCUT2D eigenvalue weighted by atomic mass is 16.5. The summed E-state index contributed by atoms with van der Waals surface area (Å²) < 4.78 is 6.13. The highest BCUT2D eigenvalue weighted by Gasteiger charge is 2.09. The lowest BCUT2D eigenvalue weighted by atomic mass is 10.1. The topological polar surface area (TPSA) is 86.1 Å². The van der Waals surface area contributed by atoms with Crippen LogP contribution in [0.15, 0.2) is 59.5 Å². The van der Waals surface area contributed by atoms with Gasteiger partial charge in [0.15, 0.2) is 0 Å². The number of benzene rings is 2. The molecule has 0 radical (unpaired) electrons. The van der Waals surface area contributed by atoms with E-state index in [2.05, 4.69) is 15.4 Å². The predicted molar refractivity (Wildman–Crippen MR) is 98.1 cm³/mol. The maximum Gasteiger partial charge on any atom is 0.365 e. The highest BCUT2D eigenvalue weighted by molar-refractivity contribution is 5.90. The van der Waals surface area contributed by atoms with E-state index < -0.39 is 5.69 Å². The summed E-state index contributed by atoms with van der Waals surface area (Å²) in [6.45, 7) is 1.76. The number of anilines is 1. The fourth-order valence-corrected chi connectivity index (χ4v) is 2.37. The van der Waals surface area contributed by atoms with Crippen LogP contribution < -0.4 is 15.7 Å². The summed E-state index contributed by atoms with van der Waals surface area (Å²) in [5, 5.41) is 6.75. The third-order valence-corrected chi connectivity index (χ3v) is 3.75. The summed E-state index contributed by atoms with van der Waals surface area (Å²) in [5.74, 6) is 0.250. The lowest BCUT2D eigenvalue weighted by Gasteiger charge is -2.08. The predicted octanol–water partition coefficient (Wildman–Crippen LogP) is 2.26. The third-order valence-electron chi connectivity index (χ3n) is 3.75. The molecule has 2 aromatic carbocycles. The molecule has 0 fully saturated rings. The van der Waals surface area contributed by atoms with Crippen LogP contribution >= 0.6 is 0 Å². The number of nitrogens with one attached hydrogen (secondary N) is 1. The molecule has 0 bridgehead atoms. The van der Waals surface area contributed by atoms with Crippen molar-refractivity contribution in [3.8, 4) is 17.0 Å². The first-order valence-corrected chi connectivity index (χ1v) is 8.00. The van der Waals surface area contributed by atoms with Gasteiger partial charge in [0.25, 0.3) is 0 Å². The number of carbonyl (C=O) groups excluding carboxylic acids is 1. The average molecular weight is 350 g/mol. The van der Waals surface area contributed by atoms with E-state index in [0.29, 0.717) is 17.1 Å². The van der Waals surface area contributed by atoms with Crippen molar-refractivity contribution in [3.05, 3.63) is 70.8 Å². The Morgan fingerprint density at radius 2 is 1.96 bits per heavy atom. The van der Waals surface area contributed by atoms with Crippen molar-refractivity contribution in [2.45, 2.75) is 13.5 Å². The number of carbonyl (C=O) groups is 1. The Morgan fingerprint density at radius 3 is 2.65 bits per heavy atom. The van der Waals surface area contributed by atoms with Crippen LogP contribution in [0.3, 0.4) is 0 Å². The van der Waals surface area contributed by atoms with Crippen LogP contribution in [-0.2, 0) is 11.3 Å². The van der Waals surface area contributed by atoms with E-state index in [-0.39, 0.29) is 12.5 Å². The summed E-state index contributed by atoms with van der Waals surface area (Å²) in [5.41, 5.74) is 2.38. The fourth-order valence-electron chi connectivity index (χ4n) is 2.37. The van der Waals surface area contributed by atoms with Crippen LogP contribution in [0.4, 0.5) is 5.69 Å². The number of rotatable bonds is 5. The Labute approximate surface area is 150 Å². The van der Waals surface area contributed by atoms with Crippen molar-refractivity contribution in [2.75, 3.05) is 12.4 Å². The first kappa shape index (κ1) is 17.3. The van der Waals surface area contributed by atoms with Crippen LogP contribution in [0, 0.1) is 6.92 Å². The van der Waals surface area contributed by atoms with E-state index in [4.69, 9.17) is 4.74 Å². The first-order valence-electron chi connectivity index (χ1n) is 8.00. The minimum Gasteiger partial charge on any atom is -0.497 e. The molecule has 0 aliphatic heterocycles. The average Bonchev–Trinajstić information content (AvgIpc) is 2.64. The molecule has 1 N–H and O–H groups in total. The monoisotopic (exact) mass is 350 g/mol. The lowest BCUT2D eigenvalue weighted by Crippen LogP contribution is -2.31. The molecule has 1 amide bonds. The molecule has 1 aromatic heterocycles. The molecule has 0 atom stereocenters. The minimum absolute atomic E-state index is 0.225. The van der Waals surface area contributed by atoms with Crippen LogP contribution in [0.25, 0.3) is 11.3 Å². The van der Waals surface area contributed by atoms with Crippen molar-refractivity contribution < 1.29 is 9.53 Å². The summed E-state index contributed by atoms with van der Waals surface area (Å²) >= 11 is 0. The molecule has 0 aliphatic rings. The van der Waals surface area contributed by atoms with Crippen LogP contribution in [-0.4, -0.2) is 27.8 Å². The Balaban J connectivity index is 1.72. The van der Waals surface area contributed by atoms with Crippen LogP contribution in [0.1, 0.15) is 5.56 Å². The fraction of sp³-hybridized carbons (Fsp3) is 0.158. The van der Waals surface area contributed by atoms with Gasteiger partial charge in [0.1, 0.15) is 12.3 Å². The van der Waals surface area contributed by atoms with E-state index in [1.54, 1.807) is 31.4 Å². The number of hydrogen-bond donors (Lipinski definition) is 1. The van der Waals surface area contributed by atoms with Crippen molar-refractivity contribution in [3.63, 3.8) is 0 Å². The summed E-state index contributed by atoms with van der Waals surface area (Å²) in [6, 6.07) is 14.6. The van der Waals surface area contributed by atoms with Gasteiger partial charge in [-0.25, -0.2) is 9.48 Å². The molecule has 0 aliphatic carbocycles. The van der Waals surface area contributed by atoms with Crippen LogP contribution in [0.5, 0.6) is 5.75 Å². The Hall–Kier alpha value is -3.48. The summed E-state index contributed by atoms with van der Waals surface area (Å²) in [7, 11) is 1.55. The van der Waals surface area contributed by atoms with Gasteiger partial charge in [0.05, 0.1) is 19.0 Å². The summed E-state index contributed by atoms with van der Waals surface area (Å²) in [6.07, 6.45) is 1.48. The quantitative estimate of drug-likeness (QED) is 0.763. The van der Waals surface area contributed by atoms with E-state index >= 15 is 0 Å². The second-order valence-corrected chi connectivity index (χ2v) is 5.73. The number of aryl methyl sites for hydroxylation is 1. The molecule has 1 heterocycles. The van der Waals surface area contributed by atoms with Gasteiger partial charge in [-0.1, -0.05) is 35.9 Å². The molecule has 7 heteroatoms. The molecule has 0 saturated carbocycles. The molecule has 26 heavy (non-hydrogen) atoms. The van der Waals surface area contributed by atoms with Crippen LogP contribution in [0.2, 0.25) is 0 Å². The standard InChI is InChI=1S/C19H18N4O3/c1-13-6-8-14(9-7-13)17-11-20-23(19(25)22-17)12-18(24)21-15-4-3-5-16(10-15)26-2/h3-11H,12H2,1-2H3,(H,21,24). The minimum atomic E-state index is -0.580. The van der Waals surface area contributed by atoms with Gasteiger partial charge >= 0.3 is 5.69 Å². The maximum atomic E-state index is 12.2. The van der Waals surface area contributed by atoms with Crippen molar-refractivity contribution in [1.82, 2.24) is 14.8 Å². The highest BCUT2D eigenvalue weighted by Crippen LogP contribution is 2.17. The van der Waals surface area contributed by atoms with Gasteiger partial charge in [-0.3, -0.25) is 4.79 Å². The van der Waals surface area contributed by atoms with Gasteiger partial charge < -0.3 is 10.1 Å². The smallest absolute Gasteiger partial charge is 0.365 e. The van der Waals surface area contributed by atoms with Gasteiger partial charge in [-0.05, 0) is 19.1 Å². The largest absolute Gasteiger partial charge is 0.497 e. The molecule has 3 aromatic rings. The molecule has 3 rings (SSSR count). The molecular formula is C19H18N4O3. The number of methoxy groups -OCH3 is 1. The maximum absolute atomic E-state index is 12.2. The lowest BCUT2D eigenvalue weighted by molar-refractivity contribution is -0.117. The number of aromatic nitrogens is 3. The Bertz CT molecular complexity index is 981. The van der Waals surface area contributed by atoms with Gasteiger partial charge in [-0.15, -0.1) is 0 Å². The van der Waals surface area contributed by atoms with Gasteiger partial charge in [0, 0.05) is 17.3 Å². The zero-order valence-electron chi connectivity index (χ0n) is 14.5. The molecule has 0 unspecified atom stereocenters. The normalized spacial score (nSPS) is 10.4. The van der Waals surface area contributed by atoms with E-state index in [9.17, 15) is 9.59 Å². The van der Waals surface area contributed by atoms with Gasteiger partial charge in [0.2, 0.25) is 5.91 Å². The zero-order valence-corrected chi connectivity index (χ0v) is 14.5. The molecule has 132 valence electrons. The number of hydrogen-bond acceptors (Lipinski definition) is 5. The molecule has 0 spiro atoms. The second kappa shape index (κ2) is 7.60. The Morgan fingerprint density at radius 1 is 1.19 bits per heavy atom. The first-order chi connectivity index (χ1) is 12.5. The SMILES string of the molecule is COc1cccc(NC(=O)Cn2ncc(-c3ccc(C)cc3)nc2=O)c1. The molecule has 7 nitrogen and oxygen atoms in total. The number of nitrogens with zero attached hydrogens (tertiary/aromatic N) is 3. The zero-order chi connectivity index (χ0) is 18.5. The van der Waals surface area contributed by atoms with E-state index in [1.807, 2.05) is 31.2 Å². The summed E-state index contributed by atoms with van der Waals surface area (Å²) in [4.78, 5) is 28.3. The van der Waals surface area contributed by atoms with E-state index in [0.717, 1.165) is 15.8 Å². The second-order valence-electron chi connectivity index (χ2n) is 5.73. The third kappa shape index (κ3) is 4.13. The number of ether oxygens (including phenoxy) is 1.